The van der Waals surface area contributed by atoms with Gasteiger partial charge in [-0.25, -0.2) is 0 Å². The van der Waals surface area contributed by atoms with Crippen LogP contribution >= 0.6 is 0 Å². The summed E-state index contributed by atoms with van der Waals surface area (Å²) in [7, 11) is 1.76. The van der Waals surface area contributed by atoms with Crippen molar-refractivity contribution in [3.63, 3.8) is 0 Å². The molecule has 0 heterocycles. The molecule has 1 nitrogen and oxygen atoms in total. The van der Waals surface area contributed by atoms with Crippen molar-refractivity contribution in [1.82, 2.24) is 0 Å². The first kappa shape index (κ1) is 7.64. The van der Waals surface area contributed by atoms with Gasteiger partial charge < -0.3 is 4.74 Å². The second kappa shape index (κ2) is 3.09. The first-order valence-electron chi connectivity index (χ1n) is 3.98. The lowest BCUT2D eigenvalue weighted by molar-refractivity contribution is 0.241. The Labute approximate surface area is 63.1 Å². The van der Waals surface area contributed by atoms with Gasteiger partial charge in [-0.15, -0.1) is 0 Å². The zero-order valence-electron chi connectivity index (χ0n) is 7.05. The molecule has 10 heavy (non-hydrogen) atoms. The maximum atomic E-state index is 5.17. The van der Waals surface area contributed by atoms with Gasteiger partial charge >= 0.3 is 0 Å². The van der Waals surface area contributed by atoms with Crippen LogP contribution in [-0.2, 0) is 4.74 Å². The predicted molar refractivity (Wildman–Crippen MR) is 42.7 cm³/mol. The zero-order chi connectivity index (χ0) is 7.56. The van der Waals surface area contributed by atoms with E-state index in [9.17, 15) is 0 Å². The van der Waals surface area contributed by atoms with Gasteiger partial charge in [0.2, 0.25) is 0 Å². The second-order valence-electron chi connectivity index (χ2n) is 3.21. The van der Waals surface area contributed by atoms with E-state index in [-0.39, 0.29) is 0 Å². The summed E-state index contributed by atoms with van der Waals surface area (Å²) in [6.07, 6.45) is 4.65. The highest BCUT2D eigenvalue weighted by atomic mass is 16.5. The van der Waals surface area contributed by atoms with Gasteiger partial charge in [-0.3, -0.25) is 0 Å². The highest BCUT2D eigenvalue weighted by Crippen LogP contribution is 2.27. The predicted octanol–water partition coefficient (Wildman–Crippen LogP) is 2.58. The van der Waals surface area contributed by atoms with Gasteiger partial charge in [-0.05, 0) is 24.3 Å². The molecule has 0 saturated carbocycles. The molecule has 0 aromatic carbocycles. The molecule has 2 unspecified atom stereocenters. The molecule has 0 aliphatic heterocycles. The van der Waals surface area contributed by atoms with Crippen LogP contribution in [0.2, 0.25) is 0 Å². The van der Waals surface area contributed by atoms with E-state index in [0.29, 0.717) is 5.92 Å². The molecule has 0 bridgehead atoms. The van der Waals surface area contributed by atoms with Crippen LogP contribution in [0.3, 0.4) is 0 Å². The molecule has 58 valence electrons. The van der Waals surface area contributed by atoms with Crippen molar-refractivity contribution in [1.29, 1.82) is 0 Å². The van der Waals surface area contributed by atoms with Gasteiger partial charge in [-0.1, -0.05) is 13.8 Å². The van der Waals surface area contributed by atoms with Crippen molar-refractivity contribution in [2.75, 3.05) is 7.11 Å². The van der Waals surface area contributed by atoms with Crippen molar-refractivity contribution in [3.05, 3.63) is 11.8 Å². The lowest BCUT2D eigenvalue weighted by Gasteiger charge is -2.23. The third-order valence-corrected chi connectivity index (χ3v) is 2.45. The molecule has 0 N–H and O–H groups in total. The summed E-state index contributed by atoms with van der Waals surface area (Å²) in [4.78, 5) is 0. The Balaban J connectivity index is 2.56. The van der Waals surface area contributed by atoms with Crippen molar-refractivity contribution in [2.24, 2.45) is 11.8 Å². The molecule has 1 heteroatoms. The summed E-state index contributed by atoms with van der Waals surface area (Å²) in [5, 5.41) is 0. The van der Waals surface area contributed by atoms with Crippen molar-refractivity contribution < 1.29 is 4.74 Å². The molecule has 1 rings (SSSR count). The fraction of sp³-hybridized carbons (Fsp3) is 0.778. The summed E-state index contributed by atoms with van der Waals surface area (Å²) >= 11 is 0. The number of allylic oxidation sites excluding steroid dienone is 2. The topological polar surface area (TPSA) is 9.23 Å². The van der Waals surface area contributed by atoms with E-state index < -0.39 is 0 Å². The van der Waals surface area contributed by atoms with Crippen LogP contribution in [0.25, 0.3) is 0 Å². The first-order valence-corrected chi connectivity index (χ1v) is 3.98. The molecule has 0 saturated heterocycles. The number of hydrogen-bond donors (Lipinski definition) is 0. The third-order valence-electron chi connectivity index (χ3n) is 2.45. The quantitative estimate of drug-likeness (QED) is 0.544. The van der Waals surface area contributed by atoms with E-state index in [2.05, 4.69) is 19.9 Å². The van der Waals surface area contributed by atoms with Gasteiger partial charge in [0, 0.05) is 6.42 Å². The standard InChI is InChI=1S/C9H16O/c1-7-4-5-9(10-3)6-8(7)2/h6-8H,4-5H2,1-3H3. The fourth-order valence-electron chi connectivity index (χ4n) is 1.34. The molecule has 0 amide bonds. The van der Waals surface area contributed by atoms with Crippen LogP contribution in [0.4, 0.5) is 0 Å². The van der Waals surface area contributed by atoms with E-state index in [1.807, 2.05) is 0 Å². The average Bonchev–Trinajstić information content (AvgIpc) is 1.95. The van der Waals surface area contributed by atoms with Crippen molar-refractivity contribution >= 4 is 0 Å². The third kappa shape index (κ3) is 1.53. The van der Waals surface area contributed by atoms with Gasteiger partial charge in [0.05, 0.1) is 12.9 Å². The largest absolute Gasteiger partial charge is 0.501 e. The summed E-state index contributed by atoms with van der Waals surface area (Å²) in [5.74, 6) is 2.70. The Morgan fingerprint density at radius 3 is 2.70 bits per heavy atom. The molecular weight excluding hydrogens is 124 g/mol. The van der Waals surface area contributed by atoms with E-state index in [0.717, 1.165) is 12.3 Å². The fourth-order valence-corrected chi connectivity index (χ4v) is 1.34. The first-order chi connectivity index (χ1) is 4.74. The van der Waals surface area contributed by atoms with Crippen LogP contribution < -0.4 is 0 Å². The van der Waals surface area contributed by atoms with Gasteiger partial charge in [0.1, 0.15) is 0 Å². The summed E-state index contributed by atoms with van der Waals surface area (Å²) < 4.78 is 5.17. The Morgan fingerprint density at radius 1 is 1.50 bits per heavy atom. The Morgan fingerprint density at radius 2 is 2.20 bits per heavy atom. The zero-order valence-corrected chi connectivity index (χ0v) is 7.05. The molecule has 1 aliphatic carbocycles. The normalized spacial score (nSPS) is 33.3. The number of ether oxygens (including phenoxy) is 1. The minimum absolute atomic E-state index is 0.698. The van der Waals surface area contributed by atoms with Crippen LogP contribution in [0.1, 0.15) is 26.7 Å². The molecule has 0 fully saturated rings. The molecular formula is C9H16O. The molecule has 2 atom stereocenters. The molecule has 1 aliphatic rings. The summed E-state index contributed by atoms with van der Waals surface area (Å²) in [6.45, 7) is 4.55. The van der Waals surface area contributed by atoms with Crippen LogP contribution in [0, 0.1) is 11.8 Å². The summed E-state index contributed by atoms with van der Waals surface area (Å²) in [6, 6.07) is 0. The van der Waals surface area contributed by atoms with Gasteiger partial charge in [0.15, 0.2) is 0 Å². The van der Waals surface area contributed by atoms with E-state index in [1.165, 1.54) is 12.2 Å². The van der Waals surface area contributed by atoms with Gasteiger partial charge in [0.25, 0.3) is 0 Å². The number of rotatable bonds is 1. The minimum Gasteiger partial charge on any atom is -0.501 e. The van der Waals surface area contributed by atoms with Crippen LogP contribution in [-0.4, -0.2) is 7.11 Å². The van der Waals surface area contributed by atoms with Crippen molar-refractivity contribution in [2.45, 2.75) is 26.7 Å². The smallest absolute Gasteiger partial charge is 0.0918 e. The lowest BCUT2D eigenvalue weighted by Crippen LogP contribution is -2.12. The molecule has 0 spiro atoms. The van der Waals surface area contributed by atoms with Crippen LogP contribution in [0.5, 0.6) is 0 Å². The van der Waals surface area contributed by atoms with E-state index >= 15 is 0 Å². The monoisotopic (exact) mass is 140 g/mol. The molecule has 0 radical (unpaired) electrons. The highest BCUT2D eigenvalue weighted by molar-refractivity contribution is 5.01. The lowest BCUT2D eigenvalue weighted by atomic mass is 9.86. The highest BCUT2D eigenvalue weighted by Gasteiger charge is 2.16. The van der Waals surface area contributed by atoms with Gasteiger partial charge in [-0.2, -0.15) is 0 Å². The Bertz CT molecular complexity index is 138. The Kier molecular flexibility index (Phi) is 2.36. The number of methoxy groups -OCH3 is 1. The van der Waals surface area contributed by atoms with E-state index in [4.69, 9.17) is 4.74 Å². The van der Waals surface area contributed by atoms with Crippen molar-refractivity contribution in [3.8, 4) is 0 Å². The average molecular weight is 140 g/mol. The maximum absolute atomic E-state index is 5.17. The maximum Gasteiger partial charge on any atom is 0.0918 e. The Hall–Kier alpha value is -0.460. The molecule has 0 aromatic rings. The van der Waals surface area contributed by atoms with Crippen LogP contribution in [0.15, 0.2) is 11.8 Å². The molecule has 0 aromatic heterocycles. The minimum atomic E-state index is 0.698. The number of hydrogen-bond acceptors (Lipinski definition) is 1. The SMILES string of the molecule is COC1=CC(C)C(C)CC1. The second-order valence-corrected chi connectivity index (χ2v) is 3.21. The summed E-state index contributed by atoms with van der Waals surface area (Å²) in [5.41, 5.74) is 0. The van der Waals surface area contributed by atoms with E-state index in [1.54, 1.807) is 7.11 Å².